The fourth-order valence-electron chi connectivity index (χ4n) is 2.35. The van der Waals surface area contributed by atoms with E-state index >= 15 is 0 Å². The van der Waals surface area contributed by atoms with Crippen molar-refractivity contribution in [2.45, 2.75) is 24.7 Å². The normalized spacial score (nSPS) is 18.4. The van der Waals surface area contributed by atoms with Gasteiger partial charge in [-0.2, -0.15) is 4.31 Å². The number of hydrogen-bond acceptors (Lipinski definition) is 3. The topological polar surface area (TPSA) is 63.4 Å². The molecule has 0 aromatic heterocycles. The zero-order valence-electron chi connectivity index (χ0n) is 11.3. The highest BCUT2D eigenvalue weighted by Gasteiger charge is 2.30. The van der Waals surface area contributed by atoms with Crippen LogP contribution in [0.2, 0.25) is 0 Å². The van der Waals surface area contributed by atoms with Gasteiger partial charge in [0.05, 0.1) is 4.90 Å². The minimum absolute atomic E-state index is 0.321. The Morgan fingerprint density at radius 2 is 1.85 bits per heavy atom. The largest absolute Gasteiger partial charge is 0.330 e. The summed E-state index contributed by atoms with van der Waals surface area (Å²) in [6.07, 6.45) is 1.67. The molecule has 20 heavy (non-hydrogen) atoms. The summed E-state index contributed by atoms with van der Waals surface area (Å²) in [5.41, 5.74) is 6.65. The first-order valence-electron chi connectivity index (χ1n) is 6.52. The van der Waals surface area contributed by atoms with Gasteiger partial charge in [-0.05, 0) is 65.9 Å². The second kappa shape index (κ2) is 6.44. The molecule has 0 amide bonds. The molecule has 1 heterocycles. The lowest BCUT2D eigenvalue weighted by molar-refractivity contribution is 0.278. The first kappa shape index (κ1) is 16.4. The zero-order chi connectivity index (χ0) is 14.9. The number of sulfonamides is 1. The first-order chi connectivity index (χ1) is 9.36. The summed E-state index contributed by atoms with van der Waals surface area (Å²) >= 11 is 6.76. The van der Waals surface area contributed by atoms with Crippen molar-refractivity contribution in [3.8, 4) is 0 Å². The van der Waals surface area contributed by atoms with E-state index in [0.717, 1.165) is 22.9 Å². The van der Waals surface area contributed by atoms with Crippen molar-refractivity contribution >= 4 is 41.9 Å². The molecule has 2 rings (SSSR count). The number of rotatable bonds is 3. The van der Waals surface area contributed by atoms with Crippen LogP contribution >= 0.6 is 31.9 Å². The molecule has 1 aromatic carbocycles. The molecule has 0 aliphatic carbocycles. The number of benzene rings is 1. The number of nitrogens with zero attached hydrogens (tertiary/aromatic N) is 1. The molecule has 1 aromatic rings. The standard InChI is InChI=1S/C13H18Br2N2O2S/c1-9-6-12(15)13(7-11(9)14)20(18,19)17-4-2-10(8-16)3-5-17/h6-7,10H,2-5,8,16H2,1H3. The Bertz CT molecular complexity index is 597. The third kappa shape index (κ3) is 3.27. The fourth-order valence-corrected chi connectivity index (χ4v) is 5.46. The lowest BCUT2D eigenvalue weighted by Crippen LogP contribution is -2.40. The molecular formula is C13H18Br2N2O2S. The van der Waals surface area contributed by atoms with Crippen molar-refractivity contribution in [2.75, 3.05) is 19.6 Å². The van der Waals surface area contributed by atoms with Crippen molar-refractivity contribution in [3.63, 3.8) is 0 Å². The average molecular weight is 426 g/mol. The second-order valence-electron chi connectivity index (χ2n) is 5.11. The van der Waals surface area contributed by atoms with Crippen LogP contribution in [0, 0.1) is 12.8 Å². The Kier molecular flexibility index (Phi) is 5.29. The number of nitrogens with two attached hydrogens (primary N) is 1. The molecule has 0 bridgehead atoms. The molecule has 1 fully saturated rings. The average Bonchev–Trinajstić information content (AvgIpc) is 2.42. The van der Waals surface area contributed by atoms with E-state index in [9.17, 15) is 8.42 Å². The van der Waals surface area contributed by atoms with Crippen LogP contribution in [0.5, 0.6) is 0 Å². The molecule has 4 nitrogen and oxygen atoms in total. The number of aryl methyl sites for hydroxylation is 1. The van der Waals surface area contributed by atoms with E-state index < -0.39 is 10.0 Å². The number of piperidine rings is 1. The van der Waals surface area contributed by atoms with Gasteiger partial charge in [-0.15, -0.1) is 0 Å². The van der Waals surface area contributed by atoms with E-state index in [2.05, 4.69) is 31.9 Å². The van der Waals surface area contributed by atoms with Gasteiger partial charge in [-0.1, -0.05) is 15.9 Å². The zero-order valence-corrected chi connectivity index (χ0v) is 15.3. The van der Waals surface area contributed by atoms with Gasteiger partial charge in [-0.25, -0.2) is 8.42 Å². The first-order valence-corrected chi connectivity index (χ1v) is 9.54. The number of halogens is 2. The van der Waals surface area contributed by atoms with E-state index in [1.54, 1.807) is 10.4 Å². The van der Waals surface area contributed by atoms with Crippen LogP contribution in [-0.2, 0) is 10.0 Å². The van der Waals surface area contributed by atoms with Gasteiger partial charge >= 0.3 is 0 Å². The van der Waals surface area contributed by atoms with Crippen molar-refractivity contribution in [3.05, 3.63) is 26.6 Å². The molecule has 0 saturated carbocycles. The summed E-state index contributed by atoms with van der Waals surface area (Å²) in [5, 5.41) is 0. The molecule has 1 saturated heterocycles. The van der Waals surface area contributed by atoms with Crippen molar-refractivity contribution in [1.82, 2.24) is 4.31 Å². The van der Waals surface area contributed by atoms with Crippen LogP contribution in [0.15, 0.2) is 26.0 Å². The maximum Gasteiger partial charge on any atom is 0.244 e. The van der Waals surface area contributed by atoms with Gasteiger partial charge in [-0.3, -0.25) is 0 Å². The third-order valence-electron chi connectivity index (χ3n) is 3.74. The van der Waals surface area contributed by atoms with Gasteiger partial charge in [0.25, 0.3) is 0 Å². The summed E-state index contributed by atoms with van der Waals surface area (Å²) in [4.78, 5) is 0.321. The van der Waals surface area contributed by atoms with Crippen LogP contribution in [0.1, 0.15) is 18.4 Å². The molecule has 7 heteroatoms. The highest BCUT2D eigenvalue weighted by molar-refractivity contribution is 9.11. The molecule has 0 unspecified atom stereocenters. The van der Waals surface area contributed by atoms with Crippen LogP contribution in [0.4, 0.5) is 0 Å². The quantitative estimate of drug-likeness (QED) is 0.809. The Morgan fingerprint density at radius 3 is 2.40 bits per heavy atom. The predicted molar refractivity (Wildman–Crippen MR) is 87.1 cm³/mol. The van der Waals surface area contributed by atoms with Crippen molar-refractivity contribution in [2.24, 2.45) is 11.7 Å². The molecule has 1 aliphatic rings. The molecule has 2 N–H and O–H groups in total. The van der Waals surface area contributed by atoms with Crippen LogP contribution in [0.25, 0.3) is 0 Å². The summed E-state index contributed by atoms with van der Waals surface area (Å²) in [7, 11) is -3.45. The van der Waals surface area contributed by atoms with Crippen molar-refractivity contribution < 1.29 is 8.42 Å². The van der Waals surface area contributed by atoms with Gasteiger partial charge in [0.2, 0.25) is 10.0 Å². The monoisotopic (exact) mass is 424 g/mol. The van der Waals surface area contributed by atoms with Gasteiger partial charge in [0, 0.05) is 22.0 Å². The number of hydrogen-bond donors (Lipinski definition) is 1. The SMILES string of the molecule is Cc1cc(Br)c(S(=O)(=O)N2CCC(CN)CC2)cc1Br. The summed E-state index contributed by atoms with van der Waals surface area (Å²) < 4.78 is 28.4. The molecule has 0 spiro atoms. The molecule has 0 atom stereocenters. The van der Waals surface area contributed by atoms with E-state index in [4.69, 9.17) is 5.73 Å². The Hall–Kier alpha value is 0.0500. The lowest BCUT2D eigenvalue weighted by atomic mass is 9.99. The highest BCUT2D eigenvalue weighted by atomic mass is 79.9. The smallest absolute Gasteiger partial charge is 0.244 e. The van der Waals surface area contributed by atoms with Gasteiger partial charge in [0.1, 0.15) is 0 Å². The predicted octanol–water partition coefficient (Wildman–Crippen LogP) is 2.88. The Labute approximate surface area is 137 Å². The van der Waals surface area contributed by atoms with Gasteiger partial charge < -0.3 is 5.73 Å². The van der Waals surface area contributed by atoms with E-state index in [1.165, 1.54) is 0 Å². The van der Waals surface area contributed by atoms with Crippen LogP contribution < -0.4 is 5.73 Å². The van der Waals surface area contributed by atoms with Crippen LogP contribution in [0.3, 0.4) is 0 Å². The van der Waals surface area contributed by atoms with Crippen LogP contribution in [-0.4, -0.2) is 32.4 Å². The van der Waals surface area contributed by atoms with E-state index in [1.807, 2.05) is 13.0 Å². The Balaban J connectivity index is 2.30. The summed E-state index contributed by atoms with van der Waals surface area (Å²) in [5.74, 6) is 0.439. The lowest BCUT2D eigenvalue weighted by Gasteiger charge is -2.30. The van der Waals surface area contributed by atoms with Crippen molar-refractivity contribution in [1.29, 1.82) is 0 Å². The molecule has 0 radical (unpaired) electrons. The maximum atomic E-state index is 12.7. The van der Waals surface area contributed by atoms with E-state index in [-0.39, 0.29) is 0 Å². The maximum absolute atomic E-state index is 12.7. The van der Waals surface area contributed by atoms with Gasteiger partial charge in [0.15, 0.2) is 0 Å². The molecule has 112 valence electrons. The minimum atomic E-state index is -3.45. The molecular weight excluding hydrogens is 408 g/mol. The van der Waals surface area contributed by atoms with E-state index in [0.29, 0.717) is 34.9 Å². The minimum Gasteiger partial charge on any atom is -0.330 e. The third-order valence-corrected chi connectivity index (χ3v) is 7.45. The second-order valence-corrected chi connectivity index (χ2v) is 8.73. The summed E-state index contributed by atoms with van der Waals surface area (Å²) in [6.45, 7) is 3.65. The molecule has 1 aliphatic heterocycles. The highest BCUT2D eigenvalue weighted by Crippen LogP contribution is 2.32. The Morgan fingerprint density at radius 1 is 1.25 bits per heavy atom. The summed E-state index contributed by atoms with van der Waals surface area (Å²) in [6, 6.07) is 3.49. The fraction of sp³-hybridized carbons (Fsp3) is 0.538.